The van der Waals surface area contributed by atoms with Crippen LogP contribution < -0.4 is 10.6 Å². The van der Waals surface area contributed by atoms with Crippen molar-refractivity contribution in [1.29, 1.82) is 0 Å². The lowest BCUT2D eigenvalue weighted by molar-refractivity contribution is -0.150. The van der Waals surface area contributed by atoms with Crippen LogP contribution in [0, 0.1) is 5.92 Å². The highest BCUT2D eigenvalue weighted by molar-refractivity contribution is 5.94. The van der Waals surface area contributed by atoms with E-state index in [4.69, 9.17) is 4.74 Å². The summed E-state index contributed by atoms with van der Waals surface area (Å²) in [4.78, 5) is 24.9. The van der Waals surface area contributed by atoms with Gasteiger partial charge in [-0.05, 0) is 113 Å². The number of piperidine rings is 1. The van der Waals surface area contributed by atoms with Gasteiger partial charge in [-0.25, -0.2) is 0 Å². The molecule has 0 spiro atoms. The van der Waals surface area contributed by atoms with E-state index >= 15 is 0 Å². The molecular formula is C27H41ClN2O3. The van der Waals surface area contributed by atoms with E-state index < -0.39 is 0 Å². The molecule has 1 aromatic carbocycles. The zero-order chi connectivity index (χ0) is 22.2. The minimum Gasteiger partial charge on any atom is -0.462 e. The smallest absolute Gasteiger partial charge is 0.306 e. The second-order valence-electron chi connectivity index (χ2n) is 10.1. The van der Waals surface area contributed by atoms with Crippen molar-refractivity contribution in [3.05, 3.63) is 35.4 Å². The Balaban J connectivity index is 0.00000306. The average Bonchev–Trinajstić information content (AvgIpc) is 2.85. The zero-order valence-electron chi connectivity index (χ0n) is 19.9. The molecule has 3 aliphatic rings. The summed E-state index contributed by atoms with van der Waals surface area (Å²) in [6.45, 7) is 2.16. The summed E-state index contributed by atoms with van der Waals surface area (Å²) in [6, 6.07) is 8.48. The number of carbonyl (C=O) groups excluding carboxylic acids is 2. The van der Waals surface area contributed by atoms with Gasteiger partial charge >= 0.3 is 5.97 Å². The summed E-state index contributed by atoms with van der Waals surface area (Å²) < 4.78 is 5.65. The second kappa shape index (κ2) is 13.3. The van der Waals surface area contributed by atoms with E-state index in [1.54, 1.807) is 0 Å². The Labute approximate surface area is 205 Å². The molecule has 0 unspecified atom stereocenters. The van der Waals surface area contributed by atoms with Crippen LogP contribution >= 0.6 is 12.4 Å². The first-order valence-corrected chi connectivity index (χ1v) is 13.0. The third-order valence-electron chi connectivity index (χ3n) is 7.77. The molecule has 0 atom stereocenters. The number of ether oxygens (including phenoxy) is 1. The van der Waals surface area contributed by atoms with E-state index in [-0.39, 0.29) is 36.4 Å². The Morgan fingerprint density at radius 1 is 0.879 bits per heavy atom. The summed E-state index contributed by atoms with van der Waals surface area (Å²) in [5.41, 5.74) is 2.11. The second-order valence-corrected chi connectivity index (χ2v) is 10.1. The van der Waals surface area contributed by atoms with E-state index in [1.807, 2.05) is 12.1 Å². The molecule has 2 N–H and O–H groups in total. The molecule has 1 heterocycles. The Kier molecular flexibility index (Phi) is 10.5. The van der Waals surface area contributed by atoms with Gasteiger partial charge < -0.3 is 15.4 Å². The SMILES string of the molecule is Cl.O=C(CCC1CCC(NC(=O)c2ccc(C3CCNCC3)cc2)CC1)OC1CCCCC1. The van der Waals surface area contributed by atoms with E-state index in [1.165, 1.54) is 37.7 Å². The molecule has 6 heteroatoms. The van der Waals surface area contributed by atoms with Crippen LogP contribution in [0.3, 0.4) is 0 Å². The van der Waals surface area contributed by atoms with Crippen molar-refractivity contribution < 1.29 is 14.3 Å². The van der Waals surface area contributed by atoms with Gasteiger partial charge in [-0.1, -0.05) is 18.6 Å². The first-order valence-electron chi connectivity index (χ1n) is 13.0. The van der Waals surface area contributed by atoms with Crippen molar-refractivity contribution in [3.63, 3.8) is 0 Å². The van der Waals surface area contributed by atoms with Crippen molar-refractivity contribution in [2.75, 3.05) is 13.1 Å². The maximum absolute atomic E-state index is 12.7. The first kappa shape index (κ1) is 26.0. The van der Waals surface area contributed by atoms with E-state index in [2.05, 4.69) is 22.8 Å². The van der Waals surface area contributed by atoms with Gasteiger partial charge in [-0.15, -0.1) is 12.4 Å². The lowest BCUT2D eigenvalue weighted by Crippen LogP contribution is -2.37. The summed E-state index contributed by atoms with van der Waals surface area (Å²) in [5.74, 6) is 1.22. The van der Waals surface area contributed by atoms with Crippen molar-refractivity contribution >= 4 is 24.3 Å². The lowest BCUT2D eigenvalue weighted by Gasteiger charge is -2.29. The molecule has 2 aliphatic carbocycles. The largest absolute Gasteiger partial charge is 0.462 e. The summed E-state index contributed by atoms with van der Waals surface area (Å²) in [6.07, 6.45) is 13.9. The molecule has 184 valence electrons. The molecule has 5 nitrogen and oxygen atoms in total. The van der Waals surface area contributed by atoms with Gasteiger partial charge in [0.05, 0.1) is 0 Å². The molecule has 1 aromatic rings. The molecule has 3 fully saturated rings. The number of carbonyl (C=O) groups is 2. The van der Waals surface area contributed by atoms with Gasteiger partial charge in [0.15, 0.2) is 0 Å². The fourth-order valence-electron chi connectivity index (χ4n) is 5.68. The number of nitrogens with one attached hydrogen (secondary N) is 2. The van der Waals surface area contributed by atoms with Gasteiger partial charge in [0.1, 0.15) is 6.10 Å². The monoisotopic (exact) mass is 476 g/mol. The Morgan fingerprint density at radius 2 is 1.55 bits per heavy atom. The van der Waals surface area contributed by atoms with Gasteiger partial charge in [0, 0.05) is 18.0 Å². The number of benzene rings is 1. The maximum Gasteiger partial charge on any atom is 0.306 e. The molecule has 2 saturated carbocycles. The highest BCUT2D eigenvalue weighted by Crippen LogP contribution is 2.29. The number of hydrogen-bond donors (Lipinski definition) is 2. The number of amides is 1. The summed E-state index contributed by atoms with van der Waals surface area (Å²) in [5, 5.41) is 6.64. The van der Waals surface area contributed by atoms with Crippen LogP contribution in [0.5, 0.6) is 0 Å². The van der Waals surface area contributed by atoms with E-state index in [0.717, 1.165) is 63.6 Å². The molecule has 33 heavy (non-hydrogen) atoms. The number of hydrogen-bond acceptors (Lipinski definition) is 4. The molecule has 0 bridgehead atoms. The highest BCUT2D eigenvalue weighted by Gasteiger charge is 2.25. The summed E-state index contributed by atoms with van der Waals surface area (Å²) >= 11 is 0. The molecule has 1 amide bonds. The minimum absolute atomic E-state index is 0. The first-order chi connectivity index (χ1) is 15.7. The number of halogens is 1. The van der Waals surface area contributed by atoms with Crippen molar-refractivity contribution in [3.8, 4) is 0 Å². The topological polar surface area (TPSA) is 67.4 Å². The quantitative estimate of drug-likeness (QED) is 0.508. The van der Waals surface area contributed by atoms with Crippen LogP contribution in [0.2, 0.25) is 0 Å². The predicted molar refractivity (Wildman–Crippen MR) is 134 cm³/mol. The average molecular weight is 477 g/mol. The molecule has 1 aliphatic heterocycles. The Bertz CT molecular complexity index is 734. The maximum atomic E-state index is 12.7. The fraction of sp³-hybridized carbons (Fsp3) is 0.704. The lowest BCUT2D eigenvalue weighted by atomic mass is 9.83. The number of rotatable bonds is 7. The highest BCUT2D eigenvalue weighted by atomic mass is 35.5. The molecule has 0 aromatic heterocycles. The van der Waals surface area contributed by atoms with Crippen LogP contribution in [0.25, 0.3) is 0 Å². The van der Waals surface area contributed by atoms with E-state index in [0.29, 0.717) is 18.3 Å². The van der Waals surface area contributed by atoms with E-state index in [9.17, 15) is 9.59 Å². The molecule has 1 saturated heterocycles. The predicted octanol–water partition coefficient (Wildman–Crippen LogP) is 5.52. The van der Waals surface area contributed by atoms with Gasteiger partial charge in [-0.3, -0.25) is 9.59 Å². The molecule has 0 radical (unpaired) electrons. The summed E-state index contributed by atoms with van der Waals surface area (Å²) in [7, 11) is 0. The van der Waals surface area contributed by atoms with Gasteiger partial charge in [0.2, 0.25) is 0 Å². The standard InChI is InChI=1S/C27H40N2O3.ClH/c30-26(32-25-4-2-1-3-5-25)15-8-20-6-13-24(14-7-20)29-27(31)23-11-9-21(10-12-23)22-16-18-28-19-17-22;/h9-12,20,22,24-25,28H,1-8,13-19H2,(H,29,31);1H. The molecular weight excluding hydrogens is 436 g/mol. The fourth-order valence-corrected chi connectivity index (χ4v) is 5.68. The van der Waals surface area contributed by atoms with Crippen LogP contribution in [0.15, 0.2) is 24.3 Å². The van der Waals surface area contributed by atoms with Crippen molar-refractivity contribution in [2.24, 2.45) is 5.92 Å². The normalized spacial score (nSPS) is 24.5. The molecule has 4 rings (SSSR count). The van der Waals surface area contributed by atoms with Gasteiger partial charge in [0.25, 0.3) is 5.91 Å². The van der Waals surface area contributed by atoms with Gasteiger partial charge in [-0.2, -0.15) is 0 Å². The van der Waals surface area contributed by atoms with Crippen LogP contribution in [0.1, 0.15) is 105 Å². The van der Waals surface area contributed by atoms with Crippen molar-refractivity contribution in [2.45, 2.75) is 102 Å². The van der Waals surface area contributed by atoms with Crippen LogP contribution in [-0.4, -0.2) is 37.1 Å². The number of esters is 1. The van der Waals surface area contributed by atoms with Crippen molar-refractivity contribution in [1.82, 2.24) is 10.6 Å². The zero-order valence-corrected chi connectivity index (χ0v) is 20.7. The third-order valence-corrected chi connectivity index (χ3v) is 7.77. The van der Waals surface area contributed by atoms with Crippen LogP contribution in [0.4, 0.5) is 0 Å². The Hall–Kier alpha value is -1.59. The third kappa shape index (κ3) is 7.99. The van der Waals surface area contributed by atoms with Crippen LogP contribution in [-0.2, 0) is 9.53 Å². The Morgan fingerprint density at radius 3 is 2.21 bits per heavy atom. The minimum atomic E-state index is -0.0136.